The predicted octanol–water partition coefficient (Wildman–Crippen LogP) is 2.92. The molecular weight excluding hydrogens is 288 g/mol. The SMILES string of the molecule is CC1CC(C(=O)NCc2nc(C(=O)O)cs2)CC(C)(C)C1. The molecule has 0 bridgehead atoms. The molecule has 2 N–H and O–H groups in total. The number of carboxylic acids is 1. The molecule has 1 amide bonds. The third-order valence-electron chi connectivity index (χ3n) is 3.94. The van der Waals surface area contributed by atoms with Gasteiger partial charge in [-0.1, -0.05) is 20.8 Å². The highest BCUT2D eigenvalue weighted by molar-refractivity contribution is 7.09. The third-order valence-corrected chi connectivity index (χ3v) is 4.79. The summed E-state index contributed by atoms with van der Waals surface area (Å²) in [5, 5.41) is 13.8. The summed E-state index contributed by atoms with van der Waals surface area (Å²) in [6.07, 6.45) is 2.99. The Morgan fingerprint density at radius 3 is 2.76 bits per heavy atom. The zero-order valence-corrected chi connectivity index (χ0v) is 13.5. The molecule has 21 heavy (non-hydrogen) atoms. The minimum Gasteiger partial charge on any atom is -0.476 e. The quantitative estimate of drug-likeness (QED) is 0.896. The van der Waals surface area contributed by atoms with Gasteiger partial charge in [-0.2, -0.15) is 0 Å². The van der Waals surface area contributed by atoms with E-state index in [1.165, 1.54) is 16.7 Å². The molecule has 2 rings (SSSR count). The van der Waals surface area contributed by atoms with Gasteiger partial charge in [0.25, 0.3) is 0 Å². The number of hydrogen-bond acceptors (Lipinski definition) is 4. The number of carbonyl (C=O) groups excluding carboxylic acids is 1. The lowest BCUT2D eigenvalue weighted by Crippen LogP contribution is -2.38. The fraction of sp³-hybridized carbons (Fsp3) is 0.667. The van der Waals surface area contributed by atoms with Crippen molar-refractivity contribution in [2.24, 2.45) is 17.3 Å². The highest BCUT2D eigenvalue weighted by atomic mass is 32.1. The second kappa shape index (κ2) is 6.13. The van der Waals surface area contributed by atoms with Crippen LogP contribution in [-0.2, 0) is 11.3 Å². The van der Waals surface area contributed by atoms with Crippen molar-refractivity contribution < 1.29 is 14.7 Å². The topological polar surface area (TPSA) is 79.3 Å². The van der Waals surface area contributed by atoms with Gasteiger partial charge in [-0.15, -0.1) is 11.3 Å². The first kappa shape index (κ1) is 15.9. The van der Waals surface area contributed by atoms with Crippen LogP contribution in [0, 0.1) is 17.3 Å². The van der Waals surface area contributed by atoms with E-state index >= 15 is 0 Å². The first-order chi connectivity index (χ1) is 9.77. The van der Waals surface area contributed by atoms with Gasteiger partial charge in [0.2, 0.25) is 5.91 Å². The van der Waals surface area contributed by atoms with E-state index in [2.05, 4.69) is 31.1 Å². The normalized spacial score (nSPS) is 24.5. The standard InChI is InChI=1S/C15H22N2O3S/c1-9-4-10(6-15(2,3)5-9)13(18)16-7-12-17-11(8-21-12)14(19)20/h8-10H,4-7H2,1-3H3,(H,16,18)(H,19,20). The summed E-state index contributed by atoms with van der Waals surface area (Å²) in [5.74, 6) is -0.376. The molecule has 1 aromatic rings. The number of hydrogen-bond donors (Lipinski definition) is 2. The zero-order chi connectivity index (χ0) is 15.6. The first-order valence-electron chi connectivity index (χ1n) is 7.22. The first-order valence-corrected chi connectivity index (χ1v) is 8.10. The summed E-state index contributed by atoms with van der Waals surface area (Å²) in [6, 6.07) is 0. The van der Waals surface area contributed by atoms with Crippen LogP contribution >= 0.6 is 11.3 Å². The van der Waals surface area contributed by atoms with Crippen LogP contribution in [0.15, 0.2) is 5.38 Å². The summed E-state index contributed by atoms with van der Waals surface area (Å²) in [4.78, 5) is 27.0. The van der Waals surface area contributed by atoms with Gasteiger partial charge in [0.05, 0.1) is 6.54 Å². The maximum Gasteiger partial charge on any atom is 0.355 e. The smallest absolute Gasteiger partial charge is 0.355 e. The zero-order valence-electron chi connectivity index (χ0n) is 12.7. The number of carbonyl (C=O) groups is 2. The van der Waals surface area contributed by atoms with Gasteiger partial charge in [-0.25, -0.2) is 9.78 Å². The Kier molecular flexibility index (Phi) is 4.66. The second-order valence-electron chi connectivity index (χ2n) is 6.76. The molecule has 0 aromatic carbocycles. The number of nitrogens with zero attached hydrogens (tertiary/aromatic N) is 1. The van der Waals surface area contributed by atoms with E-state index in [4.69, 9.17) is 5.11 Å². The molecule has 116 valence electrons. The summed E-state index contributed by atoms with van der Waals surface area (Å²) in [7, 11) is 0. The monoisotopic (exact) mass is 310 g/mol. The van der Waals surface area contributed by atoms with Gasteiger partial charge < -0.3 is 10.4 Å². The van der Waals surface area contributed by atoms with Crippen molar-refractivity contribution in [3.05, 3.63) is 16.1 Å². The fourth-order valence-corrected chi connectivity index (χ4v) is 4.05. The molecular formula is C15H22N2O3S. The number of aromatic nitrogens is 1. The van der Waals surface area contributed by atoms with Crippen molar-refractivity contribution in [2.75, 3.05) is 0 Å². The predicted molar refractivity (Wildman–Crippen MR) is 81.2 cm³/mol. The number of thiazole rings is 1. The Labute approximate surface area is 128 Å². The average Bonchev–Trinajstić information content (AvgIpc) is 2.82. The van der Waals surface area contributed by atoms with Gasteiger partial charge in [0, 0.05) is 11.3 Å². The van der Waals surface area contributed by atoms with Crippen molar-refractivity contribution in [1.29, 1.82) is 0 Å². The van der Waals surface area contributed by atoms with Gasteiger partial charge in [0.15, 0.2) is 5.69 Å². The Morgan fingerprint density at radius 2 is 2.19 bits per heavy atom. The lowest BCUT2D eigenvalue weighted by atomic mass is 9.68. The molecule has 1 aromatic heterocycles. The maximum atomic E-state index is 12.3. The molecule has 2 atom stereocenters. The lowest BCUT2D eigenvalue weighted by Gasteiger charge is -2.38. The van der Waals surface area contributed by atoms with Crippen molar-refractivity contribution in [3.63, 3.8) is 0 Å². The van der Waals surface area contributed by atoms with Crippen LogP contribution in [0.1, 0.15) is 55.5 Å². The highest BCUT2D eigenvalue weighted by Crippen LogP contribution is 2.41. The molecule has 1 fully saturated rings. The maximum absolute atomic E-state index is 12.3. The number of rotatable bonds is 4. The number of amides is 1. The van der Waals surface area contributed by atoms with Crippen molar-refractivity contribution >= 4 is 23.2 Å². The molecule has 6 heteroatoms. The summed E-state index contributed by atoms with van der Waals surface area (Å²) in [6.45, 7) is 6.93. The van der Waals surface area contributed by atoms with Crippen molar-refractivity contribution in [3.8, 4) is 0 Å². The second-order valence-corrected chi connectivity index (χ2v) is 7.70. The molecule has 0 aliphatic heterocycles. The average molecular weight is 310 g/mol. The summed E-state index contributed by atoms with van der Waals surface area (Å²) < 4.78 is 0. The third kappa shape index (κ3) is 4.27. The lowest BCUT2D eigenvalue weighted by molar-refractivity contribution is -0.128. The molecule has 0 saturated heterocycles. The number of aromatic carboxylic acids is 1. The largest absolute Gasteiger partial charge is 0.476 e. The van der Waals surface area contributed by atoms with Gasteiger partial charge in [0.1, 0.15) is 5.01 Å². The molecule has 5 nitrogen and oxygen atoms in total. The van der Waals surface area contributed by atoms with Gasteiger partial charge >= 0.3 is 5.97 Å². The molecule has 0 spiro atoms. The van der Waals surface area contributed by atoms with E-state index in [-0.39, 0.29) is 22.9 Å². The van der Waals surface area contributed by atoms with E-state index in [1.807, 2.05) is 0 Å². The number of carboxylic acid groups (broad SMARTS) is 1. The van der Waals surface area contributed by atoms with Crippen LogP contribution in [-0.4, -0.2) is 22.0 Å². The molecule has 1 heterocycles. The Hall–Kier alpha value is -1.43. The van der Waals surface area contributed by atoms with Crippen LogP contribution < -0.4 is 5.32 Å². The molecule has 1 aliphatic rings. The van der Waals surface area contributed by atoms with E-state index in [0.717, 1.165) is 19.3 Å². The van der Waals surface area contributed by atoms with E-state index in [9.17, 15) is 9.59 Å². The van der Waals surface area contributed by atoms with E-state index < -0.39 is 5.97 Å². The molecule has 0 radical (unpaired) electrons. The van der Waals surface area contributed by atoms with Gasteiger partial charge in [-0.3, -0.25) is 4.79 Å². The van der Waals surface area contributed by atoms with Gasteiger partial charge in [-0.05, 0) is 30.6 Å². The van der Waals surface area contributed by atoms with Crippen LogP contribution in [0.5, 0.6) is 0 Å². The highest BCUT2D eigenvalue weighted by Gasteiger charge is 2.35. The Bertz CT molecular complexity index is 539. The van der Waals surface area contributed by atoms with Crippen LogP contribution in [0.4, 0.5) is 0 Å². The summed E-state index contributed by atoms with van der Waals surface area (Å²) >= 11 is 1.26. The minimum atomic E-state index is -1.04. The number of nitrogens with one attached hydrogen (secondary N) is 1. The van der Waals surface area contributed by atoms with Crippen LogP contribution in [0.2, 0.25) is 0 Å². The molecule has 1 aliphatic carbocycles. The van der Waals surface area contributed by atoms with E-state index in [1.54, 1.807) is 0 Å². The minimum absolute atomic E-state index is 0.0386. The fourth-order valence-electron chi connectivity index (χ4n) is 3.34. The van der Waals surface area contributed by atoms with E-state index in [0.29, 0.717) is 17.5 Å². The molecule has 2 unspecified atom stereocenters. The Balaban J connectivity index is 1.90. The summed E-state index contributed by atoms with van der Waals surface area (Å²) in [5.41, 5.74) is 0.244. The van der Waals surface area contributed by atoms with Crippen LogP contribution in [0.3, 0.4) is 0 Å². The van der Waals surface area contributed by atoms with Crippen molar-refractivity contribution in [1.82, 2.24) is 10.3 Å². The van der Waals surface area contributed by atoms with Crippen LogP contribution in [0.25, 0.3) is 0 Å². The molecule has 1 saturated carbocycles. The van der Waals surface area contributed by atoms with Crippen molar-refractivity contribution in [2.45, 2.75) is 46.6 Å². The Morgan fingerprint density at radius 1 is 1.48 bits per heavy atom.